The third kappa shape index (κ3) is 4.88. The second-order valence-electron chi connectivity index (χ2n) is 9.20. The van der Waals surface area contributed by atoms with Crippen LogP contribution in [0.15, 0.2) is 60.7 Å². The fourth-order valence-corrected chi connectivity index (χ4v) is 5.16. The molecule has 1 aromatic heterocycles. The number of piperidine rings is 1. The average molecular weight is 475 g/mol. The molecule has 3 aromatic carbocycles. The molecule has 0 unspecified atom stereocenters. The van der Waals surface area contributed by atoms with Crippen molar-refractivity contribution in [2.75, 3.05) is 30.3 Å². The Bertz CT molecular complexity index is 1360. The van der Waals surface area contributed by atoms with Gasteiger partial charge in [0.2, 0.25) is 5.91 Å². The third-order valence-electron chi connectivity index (χ3n) is 6.92. The van der Waals surface area contributed by atoms with Crippen molar-refractivity contribution >= 4 is 39.1 Å². The van der Waals surface area contributed by atoms with Gasteiger partial charge in [0, 0.05) is 64.4 Å². The Balaban J connectivity index is 1.19. The number of benzene rings is 3. The number of anilines is 2. The minimum atomic E-state index is -0.351. The molecule has 1 fully saturated rings. The molecule has 1 saturated heterocycles. The van der Waals surface area contributed by atoms with E-state index in [4.69, 9.17) is 0 Å². The molecular formula is C28H31FN4O2. The number of carbonyl (C=O) groups is 1. The molecule has 0 spiro atoms. The van der Waals surface area contributed by atoms with Crippen LogP contribution in [0.3, 0.4) is 0 Å². The lowest BCUT2D eigenvalue weighted by Crippen LogP contribution is -2.42. The Morgan fingerprint density at radius 3 is 2.57 bits per heavy atom. The predicted octanol–water partition coefficient (Wildman–Crippen LogP) is 4.96. The van der Waals surface area contributed by atoms with Crippen LogP contribution in [0.1, 0.15) is 25.3 Å². The average Bonchev–Trinajstić information content (AvgIpc) is 3.19. The SMILES string of the molecule is CCn1c2ccccc2c2cc(NC(=O)CN3CCC(Nc4ccc(F)cc4CO)CC3)ccc21. The number of para-hydroxylation sites is 1. The molecule has 7 heteroatoms. The van der Waals surface area contributed by atoms with Gasteiger partial charge in [0.15, 0.2) is 0 Å². The van der Waals surface area contributed by atoms with Crippen molar-refractivity contribution in [2.45, 2.75) is 39.0 Å². The van der Waals surface area contributed by atoms with E-state index < -0.39 is 0 Å². The highest BCUT2D eigenvalue weighted by atomic mass is 19.1. The molecule has 5 rings (SSSR count). The van der Waals surface area contributed by atoms with Gasteiger partial charge in [-0.2, -0.15) is 0 Å². The van der Waals surface area contributed by atoms with Gasteiger partial charge in [-0.05, 0) is 62.2 Å². The number of aliphatic hydroxyl groups is 1. The summed E-state index contributed by atoms with van der Waals surface area (Å²) in [6.45, 7) is 4.77. The maximum Gasteiger partial charge on any atom is 0.238 e. The van der Waals surface area contributed by atoms with Gasteiger partial charge in [0.05, 0.1) is 13.2 Å². The highest BCUT2D eigenvalue weighted by Gasteiger charge is 2.22. The summed E-state index contributed by atoms with van der Waals surface area (Å²) in [6, 6.07) is 19.2. The summed E-state index contributed by atoms with van der Waals surface area (Å²) in [5.74, 6) is -0.369. The molecule has 4 aromatic rings. The van der Waals surface area contributed by atoms with E-state index in [1.807, 2.05) is 12.1 Å². The van der Waals surface area contributed by atoms with Gasteiger partial charge >= 0.3 is 0 Å². The van der Waals surface area contributed by atoms with Crippen molar-refractivity contribution in [1.29, 1.82) is 0 Å². The lowest BCUT2D eigenvalue weighted by Gasteiger charge is -2.32. The van der Waals surface area contributed by atoms with Crippen LogP contribution >= 0.6 is 0 Å². The standard InChI is InChI=1S/C28H31FN4O2/c1-2-33-26-6-4-3-5-23(26)24-16-22(8-10-27(24)33)31-28(35)17-32-13-11-21(12-14-32)30-25-9-7-20(29)15-19(25)18-34/h3-10,15-16,21,30,34H,2,11-14,17-18H2,1H3,(H,31,35). The third-order valence-corrected chi connectivity index (χ3v) is 6.92. The van der Waals surface area contributed by atoms with Gasteiger partial charge in [-0.3, -0.25) is 9.69 Å². The van der Waals surface area contributed by atoms with E-state index in [0.29, 0.717) is 12.1 Å². The zero-order chi connectivity index (χ0) is 24.4. The van der Waals surface area contributed by atoms with Crippen molar-refractivity contribution in [3.8, 4) is 0 Å². The smallest absolute Gasteiger partial charge is 0.238 e. The van der Waals surface area contributed by atoms with E-state index in [1.165, 1.54) is 28.6 Å². The van der Waals surface area contributed by atoms with E-state index in [-0.39, 0.29) is 24.4 Å². The number of hydrogen-bond acceptors (Lipinski definition) is 4. The number of nitrogens with zero attached hydrogens (tertiary/aromatic N) is 2. The van der Waals surface area contributed by atoms with Crippen LogP contribution in [0.4, 0.5) is 15.8 Å². The molecule has 0 bridgehead atoms. The minimum absolute atomic E-state index is 0.0175. The van der Waals surface area contributed by atoms with Crippen LogP contribution in [0.2, 0.25) is 0 Å². The first-order valence-electron chi connectivity index (χ1n) is 12.2. The number of aliphatic hydroxyl groups excluding tert-OH is 1. The Morgan fingerprint density at radius 1 is 1.03 bits per heavy atom. The Morgan fingerprint density at radius 2 is 1.80 bits per heavy atom. The zero-order valence-electron chi connectivity index (χ0n) is 19.9. The number of halogens is 1. The van der Waals surface area contributed by atoms with E-state index in [9.17, 15) is 14.3 Å². The second-order valence-corrected chi connectivity index (χ2v) is 9.20. The highest BCUT2D eigenvalue weighted by Crippen LogP contribution is 2.31. The Hall–Kier alpha value is -3.42. The summed E-state index contributed by atoms with van der Waals surface area (Å²) >= 11 is 0. The lowest BCUT2D eigenvalue weighted by molar-refractivity contribution is -0.117. The Labute approximate surface area is 204 Å². The number of fused-ring (bicyclic) bond motifs is 3. The minimum Gasteiger partial charge on any atom is -0.392 e. The number of aryl methyl sites for hydroxylation is 1. The van der Waals surface area contributed by atoms with Crippen LogP contribution in [0.25, 0.3) is 21.8 Å². The number of nitrogens with one attached hydrogen (secondary N) is 2. The second kappa shape index (κ2) is 10.1. The molecule has 0 aliphatic carbocycles. The van der Waals surface area contributed by atoms with Crippen LogP contribution < -0.4 is 10.6 Å². The molecule has 1 aliphatic heterocycles. The molecule has 3 N–H and O–H groups in total. The monoisotopic (exact) mass is 474 g/mol. The summed E-state index contributed by atoms with van der Waals surface area (Å²) in [4.78, 5) is 15.0. The first kappa shape index (κ1) is 23.3. The van der Waals surface area contributed by atoms with Crippen LogP contribution in [0, 0.1) is 5.82 Å². The van der Waals surface area contributed by atoms with Gasteiger partial charge in [-0.1, -0.05) is 18.2 Å². The lowest BCUT2D eigenvalue weighted by atomic mass is 10.0. The fourth-order valence-electron chi connectivity index (χ4n) is 5.16. The van der Waals surface area contributed by atoms with Crippen LogP contribution in [0.5, 0.6) is 0 Å². The number of hydrogen-bond donors (Lipinski definition) is 3. The van der Waals surface area contributed by atoms with Crippen molar-refractivity contribution in [2.24, 2.45) is 0 Å². The van der Waals surface area contributed by atoms with E-state index in [1.54, 1.807) is 6.07 Å². The summed E-state index contributed by atoms with van der Waals surface area (Å²) < 4.78 is 15.7. The first-order valence-corrected chi connectivity index (χ1v) is 12.2. The zero-order valence-corrected chi connectivity index (χ0v) is 19.9. The van der Waals surface area contributed by atoms with Gasteiger partial charge in [0.1, 0.15) is 5.82 Å². The summed E-state index contributed by atoms with van der Waals surface area (Å²) in [6.07, 6.45) is 1.75. The molecule has 182 valence electrons. The van der Waals surface area contributed by atoms with Crippen molar-refractivity contribution in [3.63, 3.8) is 0 Å². The molecular weight excluding hydrogens is 443 g/mol. The maximum atomic E-state index is 13.4. The molecule has 6 nitrogen and oxygen atoms in total. The van der Waals surface area contributed by atoms with Crippen LogP contribution in [-0.2, 0) is 17.9 Å². The molecule has 1 aliphatic rings. The number of likely N-dealkylation sites (tertiary alicyclic amines) is 1. The summed E-state index contributed by atoms with van der Waals surface area (Å²) in [7, 11) is 0. The quantitative estimate of drug-likeness (QED) is 0.354. The summed E-state index contributed by atoms with van der Waals surface area (Å²) in [5.41, 5.74) is 4.52. The molecule has 0 atom stereocenters. The van der Waals surface area contributed by atoms with Crippen molar-refractivity contribution in [1.82, 2.24) is 9.47 Å². The predicted molar refractivity (Wildman–Crippen MR) is 139 cm³/mol. The molecule has 35 heavy (non-hydrogen) atoms. The number of amides is 1. The topological polar surface area (TPSA) is 69.5 Å². The maximum absolute atomic E-state index is 13.4. The molecule has 0 saturated carbocycles. The van der Waals surface area contributed by atoms with Crippen LogP contribution in [-0.4, -0.2) is 46.2 Å². The number of carbonyl (C=O) groups excluding carboxylic acids is 1. The normalized spacial score (nSPS) is 15.1. The van der Waals surface area contributed by atoms with Crippen molar-refractivity contribution in [3.05, 3.63) is 72.0 Å². The number of aromatic nitrogens is 1. The highest BCUT2D eigenvalue weighted by molar-refractivity contribution is 6.09. The molecule has 1 amide bonds. The van der Waals surface area contributed by atoms with Crippen molar-refractivity contribution < 1.29 is 14.3 Å². The van der Waals surface area contributed by atoms with E-state index in [2.05, 4.69) is 57.4 Å². The van der Waals surface area contributed by atoms with Gasteiger partial charge < -0.3 is 20.3 Å². The fraction of sp³-hybridized carbons (Fsp3) is 0.321. The van der Waals surface area contributed by atoms with Gasteiger partial charge in [-0.25, -0.2) is 4.39 Å². The van der Waals surface area contributed by atoms with E-state index in [0.717, 1.165) is 49.2 Å². The van der Waals surface area contributed by atoms with Gasteiger partial charge in [0.25, 0.3) is 0 Å². The summed E-state index contributed by atoms with van der Waals surface area (Å²) in [5, 5.41) is 18.3. The number of rotatable bonds is 7. The molecule has 2 heterocycles. The first-order chi connectivity index (χ1) is 17.1. The molecule has 0 radical (unpaired) electrons. The van der Waals surface area contributed by atoms with E-state index >= 15 is 0 Å². The Kier molecular flexibility index (Phi) is 6.70. The van der Waals surface area contributed by atoms with Gasteiger partial charge in [-0.15, -0.1) is 0 Å². The largest absolute Gasteiger partial charge is 0.392 e.